The lowest BCUT2D eigenvalue weighted by Gasteiger charge is -2.31. The zero-order valence-electron chi connectivity index (χ0n) is 14.4. The minimum atomic E-state index is -3.53. The van der Waals surface area contributed by atoms with E-state index in [0.717, 1.165) is 12.8 Å². The molecule has 0 unspecified atom stereocenters. The predicted octanol–water partition coefficient (Wildman–Crippen LogP) is 1.37. The van der Waals surface area contributed by atoms with Gasteiger partial charge in [0, 0.05) is 32.2 Å². The van der Waals surface area contributed by atoms with E-state index in [1.807, 2.05) is 0 Å². The van der Waals surface area contributed by atoms with Crippen molar-refractivity contribution in [3.63, 3.8) is 0 Å². The molecule has 3 rings (SSSR count). The Morgan fingerprint density at radius 3 is 2.60 bits per heavy atom. The summed E-state index contributed by atoms with van der Waals surface area (Å²) in [7, 11) is -3.53. The number of fused-ring (bicyclic) bond motifs is 1. The van der Waals surface area contributed by atoms with Crippen molar-refractivity contribution in [2.24, 2.45) is 5.73 Å². The van der Waals surface area contributed by atoms with E-state index < -0.39 is 10.0 Å². The quantitative estimate of drug-likeness (QED) is 0.761. The van der Waals surface area contributed by atoms with Crippen molar-refractivity contribution in [2.75, 3.05) is 39.5 Å². The fourth-order valence-corrected chi connectivity index (χ4v) is 4.51. The summed E-state index contributed by atoms with van der Waals surface area (Å²) in [6.45, 7) is 3.28. The van der Waals surface area contributed by atoms with E-state index in [0.29, 0.717) is 63.8 Å². The van der Waals surface area contributed by atoms with Gasteiger partial charge in [-0.25, -0.2) is 8.42 Å². The van der Waals surface area contributed by atoms with Crippen LogP contribution in [-0.4, -0.2) is 58.3 Å². The van der Waals surface area contributed by atoms with Gasteiger partial charge in [-0.2, -0.15) is 4.31 Å². The topological polar surface area (TPSA) is 91.1 Å². The highest BCUT2D eigenvalue weighted by Gasteiger charge is 2.30. The Balaban J connectivity index is 1.65. The highest BCUT2D eigenvalue weighted by molar-refractivity contribution is 7.89. The molecule has 1 aromatic carbocycles. The normalized spacial score (nSPS) is 19.6. The molecule has 1 saturated heterocycles. The van der Waals surface area contributed by atoms with Crippen LogP contribution in [0, 0.1) is 0 Å². The Morgan fingerprint density at radius 1 is 1.16 bits per heavy atom. The van der Waals surface area contributed by atoms with Crippen molar-refractivity contribution >= 4 is 10.0 Å². The van der Waals surface area contributed by atoms with Crippen LogP contribution in [0.3, 0.4) is 0 Å². The SMILES string of the molecule is NCCCOC1CCN(S(=O)(=O)c2ccc3c(c2)OCCCO3)CC1. The standard InChI is InChI=1S/C17H26N2O5S/c18-7-1-10-22-14-5-8-19(9-6-14)25(20,21)15-3-4-16-17(13-15)24-12-2-11-23-16/h3-4,13-14H,1-2,5-12,18H2. The largest absolute Gasteiger partial charge is 0.490 e. The first-order valence-electron chi connectivity index (χ1n) is 8.83. The molecule has 0 spiro atoms. The number of benzene rings is 1. The first-order chi connectivity index (χ1) is 12.1. The maximum absolute atomic E-state index is 12.9. The van der Waals surface area contributed by atoms with Gasteiger partial charge in [-0.1, -0.05) is 0 Å². The zero-order chi connectivity index (χ0) is 17.7. The first kappa shape index (κ1) is 18.4. The molecule has 1 aromatic rings. The van der Waals surface area contributed by atoms with Crippen molar-refractivity contribution in [2.45, 2.75) is 36.7 Å². The van der Waals surface area contributed by atoms with Gasteiger partial charge in [0.15, 0.2) is 11.5 Å². The Labute approximate surface area is 149 Å². The van der Waals surface area contributed by atoms with Gasteiger partial charge in [0.1, 0.15) is 0 Å². The summed E-state index contributed by atoms with van der Waals surface area (Å²) in [5, 5.41) is 0. The van der Waals surface area contributed by atoms with Crippen molar-refractivity contribution in [1.82, 2.24) is 4.31 Å². The molecule has 140 valence electrons. The third-order valence-corrected chi connectivity index (χ3v) is 6.35. The van der Waals surface area contributed by atoms with E-state index in [1.165, 1.54) is 4.31 Å². The summed E-state index contributed by atoms with van der Waals surface area (Å²) >= 11 is 0. The lowest BCUT2D eigenvalue weighted by Crippen LogP contribution is -2.41. The smallest absolute Gasteiger partial charge is 0.243 e. The van der Waals surface area contributed by atoms with Gasteiger partial charge >= 0.3 is 0 Å². The molecule has 0 atom stereocenters. The van der Waals surface area contributed by atoms with E-state index >= 15 is 0 Å². The second kappa shape index (κ2) is 8.35. The first-order valence-corrected chi connectivity index (χ1v) is 10.3. The van der Waals surface area contributed by atoms with Crippen LogP contribution in [0.4, 0.5) is 0 Å². The molecule has 1 fully saturated rings. The highest BCUT2D eigenvalue weighted by Crippen LogP contribution is 2.33. The lowest BCUT2D eigenvalue weighted by molar-refractivity contribution is 0.0209. The molecular formula is C17H26N2O5S. The maximum Gasteiger partial charge on any atom is 0.243 e. The van der Waals surface area contributed by atoms with Gasteiger partial charge in [0.05, 0.1) is 24.2 Å². The molecule has 2 heterocycles. The molecule has 0 radical (unpaired) electrons. The highest BCUT2D eigenvalue weighted by atomic mass is 32.2. The number of hydrogen-bond acceptors (Lipinski definition) is 6. The van der Waals surface area contributed by atoms with Gasteiger partial charge < -0.3 is 19.9 Å². The number of rotatable bonds is 6. The van der Waals surface area contributed by atoms with Crippen molar-refractivity contribution in [3.8, 4) is 11.5 Å². The van der Waals surface area contributed by atoms with Gasteiger partial charge in [-0.05, 0) is 37.9 Å². The fourth-order valence-electron chi connectivity index (χ4n) is 3.03. The molecule has 2 aliphatic rings. The Morgan fingerprint density at radius 2 is 1.88 bits per heavy atom. The molecule has 2 N–H and O–H groups in total. The zero-order valence-corrected chi connectivity index (χ0v) is 15.2. The van der Waals surface area contributed by atoms with E-state index in [9.17, 15) is 8.42 Å². The fraction of sp³-hybridized carbons (Fsp3) is 0.647. The van der Waals surface area contributed by atoms with Crippen LogP contribution in [0.2, 0.25) is 0 Å². The maximum atomic E-state index is 12.9. The molecule has 0 aliphatic carbocycles. The third-order valence-electron chi connectivity index (χ3n) is 4.46. The van der Waals surface area contributed by atoms with Crippen LogP contribution in [0.1, 0.15) is 25.7 Å². The molecule has 8 heteroatoms. The van der Waals surface area contributed by atoms with Gasteiger partial charge in [-0.15, -0.1) is 0 Å². The molecule has 0 bridgehead atoms. The van der Waals surface area contributed by atoms with Gasteiger partial charge in [0.2, 0.25) is 10.0 Å². The Bertz CT molecular complexity index is 672. The monoisotopic (exact) mass is 370 g/mol. The van der Waals surface area contributed by atoms with E-state index in [1.54, 1.807) is 18.2 Å². The number of hydrogen-bond donors (Lipinski definition) is 1. The van der Waals surface area contributed by atoms with E-state index in [2.05, 4.69) is 0 Å². The summed E-state index contributed by atoms with van der Waals surface area (Å²) in [4.78, 5) is 0.249. The Kier molecular flexibility index (Phi) is 6.16. The average molecular weight is 370 g/mol. The van der Waals surface area contributed by atoms with Crippen LogP contribution in [-0.2, 0) is 14.8 Å². The van der Waals surface area contributed by atoms with Gasteiger partial charge in [0.25, 0.3) is 0 Å². The molecule has 0 amide bonds. The summed E-state index contributed by atoms with van der Waals surface area (Å²) < 4.78 is 44.2. The average Bonchev–Trinajstić information content (AvgIpc) is 2.87. The number of piperidine rings is 1. The minimum absolute atomic E-state index is 0.113. The van der Waals surface area contributed by atoms with Crippen LogP contribution in [0.5, 0.6) is 11.5 Å². The predicted molar refractivity (Wildman–Crippen MR) is 93.5 cm³/mol. The Hall–Kier alpha value is -1.35. The molecule has 2 aliphatic heterocycles. The summed E-state index contributed by atoms with van der Waals surface area (Å²) in [5.41, 5.74) is 5.46. The second-order valence-electron chi connectivity index (χ2n) is 6.28. The third kappa shape index (κ3) is 4.44. The molecular weight excluding hydrogens is 344 g/mol. The molecule has 0 saturated carbocycles. The number of sulfonamides is 1. The van der Waals surface area contributed by atoms with E-state index in [-0.39, 0.29) is 11.0 Å². The van der Waals surface area contributed by atoms with Crippen LogP contribution < -0.4 is 15.2 Å². The molecule has 7 nitrogen and oxygen atoms in total. The minimum Gasteiger partial charge on any atom is -0.490 e. The van der Waals surface area contributed by atoms with Crippen molar-refractivity contribution < 1.29 is 22.6 Å². The number of nitrogens with two attached hydrogens (primary N) is 1. The second-order valence-corrected chi connectivity index (χ2v) is 8.21. The summed E-state index contributed by atoms with van der Waals surface area (Å²) in [5.74, 6) is 1.10. The van der Waals surface area contributed by atoms with Crippen LogP contribution in [0.25, 0.3) is 0 Å². The summed E-state index contributed by atoms with van der Waals surface area (Å²) in [6, 6.07) is 4.84. The van der Waals surface area contributed by atoms with Crippen LogP contribution >= 0.6 is 0 Å². The van der Waals surface area contributed by atoms with Crippen molar-refractivity contribution in [3.05, 3.63) is 18.2 Å². The molecule has 25 heavy (non-hydrogen) atoms. The van der Waals surface area contributed by atoms with Crippen LogP contribution in [0.15, 0.2) is 23.1 Å². The summed E-state index contributed by atoms with van der Waals surface area (Å²) in [6.07, 6.45) is 3.13. The number of ether oxygens (including phenoxy) is 3. The van der Waals surface area contributed by atoms with Gasteiger partial charge in [-0.3, -0.25) is 0 Å². The molecule has 0 aromatic heterocycles. The van der Waals surface area contributed by atoms with Crippen molar-refractivity contribution in [1.29, 1.82) is 0 Å². The van der Waals surface area contributed by atoms with E-state index in [4.69, 9.17) is 19.9 Å². The number of nitrogens with zero attached hydrogens (tertiary/aromatic N) is 1. The lowest BCUT2D eigenvalue weighted by atomic mass is 10.1.